The first kappa shape index (κ1) is 14.2. The van der Waals surface area contributed by atoms with Crippen LogP contribution in [0.15, 0.2) is 73.1 Å². The normalized spacial score (nSPS) is 17.7. The molecule has 0 amide bonds. The van der Waals surface area contributed by atoms with E-state index in [0.717, 1.165) is 13.1 Å². The summed E-state index contributed by atoms with van der Waals surface area (Å²) in [6, 6.07) is 21.8. The van der Waals surface area contributed by atoms with Gasteiger partial charge >= 0.3 is 0 Å². The standard InChI is InChI=1S/C21H20N2/c1-23-14-19-12-17(18-8-5-11-22-13-18)9-10-20(19)21(15-23)16-6-3-2-4-7-16/h2-13,21H,14-15H2,1H3. The van der Waals surface area contributed by atoms with Crippen molar-refractivity contribution in [3.05, 3.63) is 89.7 Å². The molecular formula is C21H20N2. The zero-order valence-corrected chi connectivity index (χ0v) is 13.3. The molecule has 3 aromatic rings. The highest BCUT2D eigenvalue weighted by Crippen LogP contribution is 2.35. The van der Waals surface area contributed by atoms with Crippen LogP contribution in [0.3, 0.4) is 0 Å². The Balaban J connectivity index is 1.77. The molecule has 1 atom stereocenters. The van der Waals surface area contributed by atoms with Gasteiger partial charge in [-0.25, -0.2) is 0 Å². The lowest BCUT2D eigenvalue weighted by molar-refractivity contribution is 0.295. The zero-order valence-electron chi connectivity index (χ0n) is 13.3. The average molecular weight is 300 g/mol. The summed E-state index contributed by atoms with van der Waals surface area (Å²) in [5, 5.41) is 0. The predicted octanol–water partition coefficient (Wildman–Crippen LogP) is 4.33. The minimum absolute atomic E-state index is 0.452. The minimum atomic E-state index is 0.452. The fourth-order valence-electron chi connectivity index (χ4n) is 3.53. The van der Waals surface area contributed by atoms with Crippen LogP contribution in [0.5, 0.6) is 0 Å². The molecule has 1 aromatic heterocycles. The van der Waals surface area contributed by atoms with Gasteiger partial charge in [-0.05, 0) is 47.0 Å². The van der Waals surface area contributed by atoms with Crippen LogP contribution in [0.25, 0.3) is 11.1 Å². The van der Waals surface area contributed by atoms with Crippen LogP contribution < -0.4 is 0 Å². The molecule has 2 aromatic carbocycles. The van der Waals surface area contributed by atoms with Crippen LogP contribution in [-0.4, -0.2) is 23.5 Å². The van der Waals surface area contributed by atoms with Gasteiger partial charge in [0.05, 0.1) is 0 Å². The smallest absolute Gasteiger partial charge is 0.0346 e. The largest absolute Gasteiger partial charge is 0.301 e. The van der Waals surface area contributed by atoms with E-state index in [1.807, 2.05) is 18.5 Å². The van der Waals surface area contributed by atoms with Crippen molar-refractivity contribution in [2.45, 2.75) is 12.5 Å². The van der Waals surface area contributed by atoms with Gasteiger partial charge in [0, 0.05) is 31.4 Å². The van der Waals surface area contributed by atoms with Crippen molar-refractivity contribution in [1.82, 2.24) is 9.88 Å². The molecule has 4 rings (SSSR count). The number of likely N-dealkylation sites (N-methyl/N-ethyl adjacent to an activating group) is 1. The van der Waals surface area contributed by atoms with Gasteiger partial charge in [-0.1, -0.05) is 48.5 Å². The highest BCUT2D eigenvalue weighted by molar-refractivity contribution is 5.64. The summed E-state index contributed by atoms with van der Waals surface area (Å²) in [5.41, 5.74) is 6.71. The Morgan fingerprint density at radius 2 is 1.83 bits per heavy atom. The zero-order chi connectivity index (χ0) is 15.6. The first-order valence-corrected chi connectivity index (χ1v) is 8.08. The Bertz CT molecular complexity index is 797. The van der Waals surface area contributed by atoms with Gasteiger partial charge in [0.15, 0.2) is 0 Å². The third-order valence-electron chi connectivity index (χ3n) is 4.65. The lowest BCUT2D eigenvalue weighted by Crippen LogP contribution is -2.30. The summed E-state index contributed by atoms with van der Waals surface area (Å²) in [4.78, 5) is 6.65. The molecule has 1 aliphatic rings. The van der Waals surface area contributed by atoms with Crippen molar-refractivity contribution in [2.75, 3.05) is 13.6 Å². The van der Waals surface area contributed by atoms with E-state index in [1.54, 1.807) is 0 Å². The summed E-state index contributed by atoms with van der Waals surface area (Å²) < 4.78 is 0. The molecule has 23 heavy (non-hydrogen) atoms. The lowest BCUT2D eigenvalue weighted by atomic mass is 9.83. The van der Waals surface area contributed by atoms with Crippen molar-refractivity contribution in [1.29, 1.82) is 0 Å². The maximum atomic E-state index is 4.24. The van der Waals surface area contributed by atoms with Gasteiger partial charge in [-0.15, -0.1) is 0 Å². The Hall–Kier alpha value is -2.45. The number of hydrogen-bond acceptors (Lipinski definition) is 2. The fraction of sp³-hybridized carbons (Fsp3) is 0.190. The molecule has 0 N–H and O–H groups in total. The first-order chi connectivity index (χ1) is 11.3. The molecule has 2 heterocycles. The van der Waals surface area contributed by atoms with Crippen molar-refractivity contribution in [2.24, 2.45) is 0 Å². The molecule has 1 unspecified atom stereocenters. The van der Waals surface area contributed by atoms with Gasteiger partial charge in [-0.3, -0.25) is 4.98 Å². The average Bonchev–Trinajstić information content (AvgIpc) is 2.62. The van der Waals surface area contributed by atoms with Crippen LogP contribution in [0.1, 0.15) is 22.6 Å². The Morgan fingerprint density at radius 3 is 2.61 bits per heavy atom. The quantitative estimate of drug-likeness (QED) is 0.700. The summed E-state index contributed by atoms with van der Waals surface area (Å²) in [7, 11) is 2.20. The van der Waals surface area contributed by atoms with E-state index in [1.165, 1.54) is 27.8 Å². The molecule has 2 heteroatoms. The highest BCUT2D eigenvalue weighted by atomic mass is 15.1. The number of hydrogen-bond donors (Lipinski definition) is 0. The maximum absolute atomic E-state index is 4.24. The molecule has 0 spiro atoms. The molecule has 0 radical (unpaired) electrons. The monoisotopic (exact) mass is 300 g/mol. The minimum Gasteiger partial charge on any atom is -0.301 e. The van der Waals surface area contributed by atoms with E-state index >= 15 is 0 Å². The first-order valence-electron chi connectivity index (χ1n) is 8.08. The molecule has 0 fully saturated rings. The third kappa shape index (κ3) is 2.78. The molecule has 0 saturated heterocycles. The van der Waals surface area contributed by atoms with Crippen LogP contribution in [-0.2, 0) is 6.54 Å². The van der Waals surface area contributed by atoms with Gasteiger partial charge in [-0.2, -0.15) is 0 Å². The topological polar surface area (TPSA) is 16.1 Å². The second-order valence-electron chi connectivity index (χ2n) is 6.32. The van der Waals surface area contributed by atoms with Crippen LogP contribution >= 0.6 is 0 Å². The van der Waals surface area contributed by atoms with Gasteiger partial charge in [0.25, 0.3) is 0 Å². The lowest BCUT2D eigenvalue weighted by Gasteiger charge is -2.33. The SMILES string of the molecule is CN1Cc2cc(-c3cccnc3)ccc2C(c2ccccc2)C1. The van der Waals surface area contributed by atoms with E-state index in [2.05, 4.69) is 71.5 Å². The van der Waals surface area contributed by atoms with E-state index in [-0.39, 0.29) is 0 Å². The Morgan fingerprint density at radius 1 is 0.957 bits per heavy atom. The fourth-order valence-corrected chi connectivity index (χ4v) is 3.53. The van der Waals surface area contributed by atoms with Gasteiger partial charge in [0.1, 0.15) is 0 Å². The predicted molar refractivity (Wildman–Crippen MR) is 94.3 cm³/mol. The third-order valence-corrected chi connectivity index (χ3v) is 4.65. The molecule has 0 saturated carbocycles. The number of fused-ring (bicyclic) bond motifs is 1. The Labute approximate surface area is 137 Å². The summed E-state index contributed by atoms with van der Waals surface area (Å²) >= 11 is 0. The summed E-state index contributed by atoms with van der Waals surface area (Å²) in [6.07, 6.45) is 3.75. The van der Waals surface area contributed by atoms with Crippen molar-refractivity contribution < 1.29 is 0 Å². The van der Waals surface area contributed by atoms with Crippen molar-refractivity contribution >= 4 is 0 Å². The molecular weight excluding hydrogens is 280 g/mol. The van der Waals surface area contributed by atoms with E-state index in [0.29, 0.717) is 5.92 Å². The second-order valence-corrected chi connectivity index (χ2v) is 6.32. The van der Waals surface area contributed by atoms with Crippen molar-refractivity contribution in [3.8, 4) is 11.1 Å². The van der Waals surface area contributed by atoms with Gasteiger partial charge < -0.3 is 4.90 Å². The van der Waals surface area contributed by atoms with Crippen LogP contribution in [0, 0.1) is 0 Å². The van der Waals surface area contributed by atoms with E-state index in [4.69, 9.17) is 0 Å². The molecule has 0 bridgehead atoms. The van der Waals surface area contributed by atoms with Gasteiger partial charge in [0.2, 0.25) is 0 Å². The Kier molecular flexibility index (Phi) is 3.68. The second kappa shape index (κ2) is 5.98. The van der Waals surface area contributed by atoms with Crippen LogP contribution in [0.2, 0.25) is 0 Å². The number of rotatable bonds is 2. The number of benzene rings is 2. The van der Waals surface area contributed by atoms with Crippen LogP contribution in [0.4, 0.5) is 0 Å². The summed E-state index contributed by atoms with van der Waals surface area (Å²) in [5.74, 6) is 0.452. The van der Waals surface area contributed by atoms with Crippen molar-refractivity contribution in [3.63, 3.8) is 0 Å². The molecule has 1 aliphatic heterocycles. The number of pyridine rings is 1. The molecule has 114 valence electrons. The maximum Gasteiger partial charge on any atom is 0.0346 e. The molecule has 2 nitrogen and oxygen atoms in total. The van der Waals surface area contributed by atoms with E-state index in [9.17, 15) is 0 Å². The molecule has 0 aliphatic carbocycles. The highest BCUT2D eigenvalue weighted by Gasteiger charge is 2.24. The number of nitrogens with zero attached hydrogens (tertiary/aromatic N) is 2. The summed E-state index contributed by atoms with van der Waals surface area (Å²) in [6.45, 7) is 2.08. The van der Waals surface area contributed by atoms with E-state index < -0.39 is 0 Å². The number of aromatic nitrogens is 1.